The Kier molecular flexibility index (Phi) is 5.86. The first-order chi connectivity index (χ1) is 13.1. The molecule has 1 aliphatic heterocycles. The van der Waals surface area contributed by atoms with Gasteiger partial charge < -0.3 is 10.6 Å². The predicted molar refractivity (Wildman–Crippen MR) is 102 cm³/mol. The molecule has 0 spiro atoms. The molecule has 1 atom stereocenters. The average Bonchev–Trinajstić information content (AvgIpc) is 3.00. The van der Waals surface area contributed by atoms with Crippen molar-refractivity contribution in [3.8, 4) is 0 Å². The molecule has 0 aliphatic carbocycles. The minimum Gasteiger partial charge on any atom is -0.345 e. The first-order valence-electron chi connectivity index (χ1n) is 9.11. The molecule has 6 nitrogen and oxygen atoms in total. The van der Waals surface area contributed by atoms with Gasteiger partial charge in [-0.05, 0) is 29.7 Å². The van der Waals surface area contributed by atoms with Crippen LogP contribution in [0.15, 0.2) is 54.6 Å². The van der Waals surface area contributed by atoms with Gasteiger partial charge in [0.25, 0.3) is 5.91 Å². The average molecular weight is 365 g/mol. The lowest BCUT2D eigenvalue weighted by atomic mass is 10.0. The SMILES string of the molecule is CCCC(NC(=O)c1cccc(CN2C(=O)CNC2=O)c1)c1ccccc1. The van der Waals surface area contributed by atoms with Crippen LogP contribution in [0.2, 0.25) is 0 Å². The number of carbonyl (C=O) groups excluding carboxylic acids is 3. The first kappa shape index (κ1) is 18.6. The Morgan fingerprint density at radius 2 is 1.93 bits per heavy atom. The zero-order chi connectivity index (χ0) is 19.2. The number of benzene rings is 2. The van der Waals surface area contributed by atoms with Crippen molar-refractivity contribution in [1.29, 1.82) is 0 Å². The number of nitrogens with zero attached hydrogens (tertiary/aromatic N) is 1. The molecule has 6 heteroatoms. The fourth-order valence-electron chi connectivity index (χ4n) is 3.15. The van der Waals surface area contributed by atoms with Gasteiger partial charge >= 0.3 is 6.03 Å². The molecular weight excluding hydrogens is 342 g/mol. The first-order valence-corrected chi connectivity index (χ1v) is 9.11. The highest BCUT2D eigenvalue weighted by atomic mass is 16.2. The summed E-state index contributed by atoms with van der Waals surface area (Å²) < 4.78 is 0. The summed E-state index contributed by atoms with van der Waals surface area (Å²) in [5.41, 5.74) is 2.32. The third-order valence-electron chi connectivity index (χ3n) is 4.55. The molecule has 2 aromatic rings. The van der Waals surface area contributed by atoms with E-state index in [-0.39, 0.29) is 30.9 Å². The Bertz CT molecular complexity index is 820. The molecule has 1 saturated heterocycles. The van der Waals surface area contributed by atoms with Gasteiger partial charge in [-0.25, -0.2) is 4.79 Å². The Hall–Kier alpha value is -3.15. The van der Waals surface area contributed by atoms with Crippen LogP contribution in [0.1, 0.15) is 47.3 Å². The van der Waals surface area contributed by atoms with E-state index < -0.39 is 6.03 Å². The number of hydrogen-bond acceptors (Lipinski definition) is 3. The number of amides is 4. The van der Waals surface area contributed by atoms with Crippen LogP contribution in [0.3, 0.4) is 0 Å². The van der Waals surface area contributed by atoms with Gasteiger partial charge in [0.05, 0.1) is 19.1 Å². The fraction of sp³-hybridized carbons (Fsp3) is 0.286. The van der Waals surface area contributed by atoms with E-state index in [1.54, 1.807) is 24.3 Å². The van der Waals surface area contributed by atoms with E-state index in [9.17, 15) is 14.4 Å². The van der Waals surface area contributed by atoms with Crippen molar-refractivity contribution in [2.75, 3.05) is 6.54 Å². The van der Waals surface area contributed by atoms with Gasteiger partial charge in [0.1, 0.15) is 0 Å². The summed E-state index contributed by atoms with van der Waals surface area (Å²) in [5.74, 6) is -0.432. The quantitative estimate of drug-likeness (QED) is 0.741. The zero-order valence-electron chi connectivity index (χ0n) is 15.3. The highest BCUT2D eigenvalue weighted by molar-refractivity contribution is 6.02. The molecule has 2 aromatic carbocycles. The molecule has 0 saturated carbocycles. The Morgan fingerprint density at radius 1 is 1.15 bits per heavy atom. The summed E-state index contributed by atoms with van der Waals surface area (Å²) in [5, 5.41) is 5.58. The fourth-order valence-corrected chi connectivity index (χ4v) is 3.15. The van der Waals surface area contributed by atoms with Crippen molar-refractivity contribution in [1.82, 2.24) is 15.5 Å². The molecule has 0 aromatic heterocycles. The van der Waals surface area contributed by atoms with Crippen LogP contribution in [0, 0.1) is 0 Å². The van der Waals surface area contributed by atoms with E-state index in [0.717, 1.165) is 28.9 Å². The van der Waals surface area contributed by atoms with Crippen LogP contribution < -0.4 is 10.6 Å². The van der Waals surface area contributed by atoms with E-state index in [2.05, 4.69) is 17.6 Å². The van der Waals surface area contributed by atoms with Crippen LogP contribution in [-0.4, -0.2) is 29.3 Å². The smallest absolute Gasteiger partial charge is 0.324 e. The second-order valence-electron chi connectivity index (χ2n) is 6.56. The van der Waals surface area contributed by atoms with Crippen molar-refractivity contribution in [3.05, 3.63) is 71.3 Å². The molecule has 1 heterocycles. The van der Waals surface area contributed by atoms with Gasteiger partial charge in [0.15, 0.2) is 0 Å². The normalized spacial score (nSPS) is 14.8. The Balaban J connectivity index is 1.72. The van der Waals surface area contributed by atoms with Crippen LogP contribution in [0.4, 0.5) is 4.79 Å². The standard InChI is InChI=1S/C21H23N3O3/c1-2-7-18(16-9-4-3-5-10-16)23-20(26)17-11-6-8-15(12-17)14-24-19(25)13-22-21(24)27/h3-6,8-12,18H,2,7,13-14H2,1H3,(H,22,27)(H,23,26). The lowest BCUT2D eigenvalue weighted by Gasteiger charge is -2.19. The molecule has 4 amide bonds. The number of urea groups is 1. The second kappa shape index (κ2) is 8.49. The molecule has 140 valence electrons. The van der Waals surface area contributed by atoms with Gasteiger partial charge in [-0.2, -0.15) is 0 Å². The summed E-state index contributed by atoms with van der Waals surface area (Å²) in [6, 6.07) is 16.5. The van der Waals surface area contributed by atoms with Gasteiger partial charge in [-0.3, -0.25) is 14.5 Å². The van der Waals surface area contributed by atoms with E-state index in [4.69, 9.17) is 0 Å². The van der Waals surface area contributed by atoms with Gasteiger partial charge in [-0.15, -0.1) is 0 Å². The summed E-state index contributed by atoms with van der Waals surface area (Å²) in [6.45, 7) is 2.26. The highest BCUT2D eigenvalue weighted by Crippen LogP contribution is 2.19. The van der Waals surface area contributed by atoms with Crippen molar-refractivity contribution in [3.63, 3.8) is 0 Å². The minimum atomic E-state index is -0.401. The van der Waals surface area contributed by atoms with Crippen molar-refractivity contribution >= 4 is 17.8 Å². The lowest BCUT2D eigenvalue weighted by molar-refractivity contribution is -0.125. The third kappa shape index (κ3) is 4.53. The summed E-state index contributed by atoms with van der Waals surface area (Å²) in [7, 11) is 0. The van der Waals surface area contributed by atoms with E-state index in [1.165, 1.54) is 0 Å². The van der Waals surface area contributed by atoms with Gasteiger partial charge in [0.2, 0.25) is 5.91 Å². The van der Waals surface area contributed by atoms with Gasteiger partial charge in [0, 0.05) is 5.56 Å². The van der Waals surface area contributed by atoms with E-state index in [1.807, 2.05) is 30.3 Å². The van der Waals surface area contributed by atoms with Crippen LogP contribution in [0.5, 0.6) is 0 Å². The van der Waals surface area contributed by atoms with Crippen LogP contribution in [-0.2, 0) is 11.3 Å². The summed E-state index contributed by atoms with van der Waals surface area (Å²) in [6.07, 6.45) is 1.80. The van der Waals surface area contributed by atoms with Gasteiger partial charge in [-0.1, -0.05) is 55.8 Å². The lowest BCUT2D eigenvalue weighted by Crippen LogP contribution is -2.31. The molecular formula is C21H23N3O3. The number of carbonyl (C=O) groups is 3. The number of rotatable bonds is 7. The number of hydrogen-bond donors (Lipinski definition) is 2. The number of nitrogens with one attached hydrogen (secondary N) is 2. The maximum Gasteiger partial charge on any atom is 0.324 e. The van der Waals surface area contributed by atoms with E-state index >= 15 is 0 Å². The zero-order valence-corrected chi connectivity index (χ0v) is 15.3. The monoisotopic (exact) mass is 365 g/mol. The molecule has 1 fully saturated rings. The Labute approximate surface area is 158 Å². The minimum absolute atomic E-state index is 0.0226. The summed E-state index contributed by atoms with van der Waals surface area (Å²) >= 11 is 0. The second-order valence-corrected chi connectivity index (χ2v) is 6.56. The van der Waals surface area contributed by atoms with Crippen molar-refractivity contribution in [2.45, 2.75) is 32.4 Å². The number of imide groups is 1. The molecule has 0 bridgehead atoms. The summed E-state index contributed by atoms with van der Waals surface area (Å²) in [4.78, 5) is 37.3. The molecule has 0 radical (unpaired) electrons. The third-order valence-corrected chi connectivity index (χ3v) is 4.55. The van der Waals surface area contributed by atoms with Crippen molar-refractivity contribution in [2.24, 2.45) is 0 Å². The highest BCUT2D eigenvalue weighted by Gasteiger charge is 2.28. The molecule has 1 aliphatic rings. The van der Waals surface area contributed by atoms with Crippen LogP contribution in [0.25, 0.3) is 0 Å². The maximum atomic E-state index is 12.8. The Morgan fingerprint density at radius 3 is 2.59 bits per heavy atom. The van der Waals surface area contributed by atoms with E-state index in [0.29, 0.717) is 5.56 Å². The van der Waals surface area contributed by atoms with Crippen LogP contribution >= 0.6 is 0 Å². The molecule has 27 heavy (non-hydrogen) atoms. The molecule has 1 unspecified atom stereocenters. The molecule has 3 rings (SSSR count). The predicted octanol–water partition coefficient (Wildman–Crippen LogP) is 3.01. The topological polar surface area (TPSA) is 78.5 Å². The largest absolute Gasteiger partial charge is 0.345 e. The van der Waals surface area contributed by atoms with Crippen molar-refractivity contribution < 1.29 is 14.4 Å². The maximum absolute atomic E-state index is 12.8. The molecule has 2 N–H and O–H groups in total.